The third-order valence-electron chi connectivity index (χ3n) is 3.36. The van der Waals surface area contributed by atoms with E-state index >= 15 is 0 Å². The van der Waals surface area contributed by atoms with Crippen molar-refractivity contribution in [2.75, 3.05) is 0 Å². The molecule has 1 aliphatic rings. The van der Waals surface area contributed by atoms with Crippen LogP contribution in [-0.4, -0.2) is 32.2 Å². The average molecular weight is 335 g/mol. The maximum absolute atomic E-state index is 12.5. The predicted octanol–water partition coefficient (Wildman–Crippen LogP) is 3.31. The first-order valence-electron chi connectivity index (χ1n) is 6.88. The third kappa shape index (κ3) is 3.39. The van der Waals surface area contributed by atoms with Gasteiger partial charge in [0.2, 0.25) is 0 Å². The number of thioether (sulfide) groups is 1. The van der Waals surface area contributed by atoms with Crippen LogP contribution in [0.25, 0.3) is 6.08 Å². The zero-order chi connectivity index (χ0) is 16.4. The maximum atomic E-state index is 12.5. The molecule has 22 heavy (non-hydrogen) atoms. The molecule has 2 rings (SSSR count). The van der Waals surface area contributed by atoms with E-state index in [0.29, 0.717) is 9.23 Å². The first kappa shape index (κ1) is 16.7. The second kappa shape index (κ2) is 6.62. The lowest BCUT2D eigenvalue weighted by atomic mass is 10.0. The third-order valence-corrected chi connectivity index (χ3v) is 4.69. The summed E-state index contributed by atoms with van der Waals surface area (Å²) < 4.78 is 0.296. The van der Waals surface area contributed by atoms with Crippen molar-refractivity contribution in [2.24, 2.45) is 5.92 Å². The molecular weight excluding hydrogens is 318 g/mol. The molecule has 0 radical (unpaired) electrons. The van der Waals surface area contributed by atoms with Crippen LogP contribution in [0.15, 0.2) is 29.2 Å². The summed E-state index contributed by atoms with van der Waals surface area (Å²) in [6.45, 7) is 5.52. The van der Waals surface area contributed by atoms with Crippen molar-refractivity contribution in [2.45, 2.75) is 26.8 Å². The number of thiocarbonyl (C=S) groups is 1. The van der Waals surface area contributed by atoms with Crippen molar-refractivity contribution in [1.29, 1.82) is 0 Å². The summed E-state index contributed by atoms with van der Waals surface area (Å²) in [7, 11) is 0. The number of carboxylic acid groups (broad SMARTS) is 1. The van der Waals surface area contributed by atoms with E-state index in [2.05, 4.69) is 0 Å². The Morgan fingerprint density at radius 1 is 1.32 bits per heavy atom. The van der Waals surface area contributed by atoms with Crippen molar-refractivity contribution >= 4 is 46.3 Å². The van der Waals surface area contributed by atoms with Crippen LogP contribution >= 0.6 is 24.0 Å². The van der Waals surface area contributed by atoms with Crippen LogP contribution in [0.1, 0.15) is 25.0 Å². The van der Waals surface area contributed by atoms with Crippen LogP contribution in [-0.2, 0) is 9.59 Å². The minimum atomic E-state index is -1.04. The van der Waals surface area contributed by atoms with Gasteiger partial charge in [-0.15, -0.1) is 0 Å². The molecule has 1 aromatic carbocycles. The summed E-state index contributed by atoms with van der Waals surface area (Å²) in [5, 5.41) is 9.36. The smallest absolute Gasteiger partial charge is 0.327 e. The van der Waals surface area contributed by atoms with Gasteiger partial charge in [0.15, 0.2) is 0 Å². The van der Waals surface area contributed by atoms with E-state index in [4.69, 9.17) is 12.2 Å². The zero-order valence-corrected chi connectivity index (χ0v) is 14.2. The Balaban J connectivity index is 2.32. The number of benzene rings is 1. The van der Waals surface area contributed by atoms with Crippen molar-refractivity contribution in [3.63, 3.8) is 0 Å². The Kier molecular flexibility index (Phi) is 5.03. The Bertz CT molecular complexity index is 650. The Hall–Kier alpha value is -1.66. The summed E-state index contributed by atoms with van der Waals surface area (Å²) in [4.78, 5) is 25.6. The van der Waals surface area contributed by atoms with E-state index in [0.717, 1.165) is 22.9 Å². The highest BCUT2D eigenvalue weighted by molar-refractivity contribution is 8.26. The SMILES string of the molecule is Cc1ccc(/C=C2/SC(=S)N([C@H](C(=O)O)C(C)C)C2=O)cc1. The van der Waals surface area contributed by atoms with Crippen molar-refractivity contribution in [1.82, 2.24) is 4.90 Å². The van der Waals surface area contributed by atoms with E-state index in [-0.39, 0.29) is 11.8 Å². The minimum Gasteiger partial charge on any atom is -0.480 e. The Morgan fingerprint density at radius 3 is 2.41 bits per heavy atom. The Morgan fingerprint density at radius 2 is 1.91 bits per heavy atom. The van der Waals surface area contributed by atoms with Gasteiger partial charge in [0.25, 0.3) is 5.91 Å². The fourth-order valence-electron chi connectivity index (χ4n) is 2.23. The van der Waals surface area contributed by atoms with Gasteiger partial charge in [-0.25, -0.2) is 4.79 Å². The molecule has 4 nitrogen and oxygen atoms in total. The molecule has 0 bridgehead atoms. The molecule has 1 fully saturated rings. The van der Waals surface area contributed by atoms with Gasteiger partial charge in [-0.1, -0.05) is 67.7 Å². The highest BCUT2D eigenvalue weighted by Crippen LogP contribution is 2.35. The molecule has 116 valence electrons. The summed E-state index contributed by atoms with van der Waals surface area (Å²) in [5.74, 6) is -1.60. The lowest BCUT2D eigenvalue weighted by molar-refractivity contribution is -0.146. The van der Waals surface area contributed by atoms with E-state index in [1.165, 1.54) is 4.90 Å². The molecule has 1 heterocycles. The van der Waals surface area contributed by atoms with Crippen molar-refractivity contribution < 1.29 is 14.7 Å². The number of nitrogens with zero attached hydrogens (tertiary/aromatic N) is 1. The number of carbonyl (C=O) groups excluding carboxylic acids is 1. The number of carbonyl (C=O) groups is 2. The van der Waals surface area contributed by atoms with Gasteiger partial charge < -0.3 is 5.11 Å². The van der Waals surface area contributed by atoms with E-state index in [1.807, 2.05) is 31.2 Å². The van der Waals surface area contributed by atoms with Crippen molar-refractivity contribution in [3.05, 3.63) is 40.3 Å². The molecule has 6 heteroatoms. The first-order valence-corrected chi connectivity index (χ1v) is 8.10. The molecule has 0 saturated carbocycles. The topological polar surface area (TPSA) is 57.6 Å². The first-order chi connectivity index (χ1) is 10.3. The largest absolute Gasteiger partial charge is 0.480 e. The van der Waals surface area contributed by atoms with E-state index < -0.39 is 12.0 Å². The lowest BCUT2D eigenvalue weighted by Gasteiger charge is -2.26. The lowest BCUT2D eigenvalue weighted by Crippen LogP contribution is -2.47. The summed E-state index contributed by atoms with van der Waals surface area (Å²) in [6, 6.07) is 6.82. The number of hydrogen-bond acceptors (Lipinski definition) is 4. The standard InChI is InChI=1S/C16H17NO3S2/c1-9(2)13(15(19)20)17-14(18)12(22-16(17)21)8-11-6-4-10(3)5-7-11/h4-9,13H,1-3H3,(H,19,20)/b12-8+/t13-/m0/s1. The average Bonchev–Trinajstić information content (AvgIpc) is 2.69. The molecule has 0 spiro atoms. The van der Waals surface area contributed by atoms with Crippen molar-refractivity contribution in [3.8, 4) is 0 Å². The molecule has 0 aromatic heterocycles. The van der Waals surface area contributed by atoms with Gasteiger partial charge in [0.1, 0.15) is 10.4 Å². The molecule has 0 unspecified atom stereocenters. The van der Waals surface area contributed by atoms with Gasteiger partial charge in [-0.2, -0.15) is 0 Å². The van der Waals surface area contributed by atoms with Crippen LogP contribution < -0.4 is 0 Å². The molecule has 1 atom stereocenters. The summed E-state index contributed by atoms with van der Waals surface area (Å²) in [6.07, 6.45) is 1.75. The maximum Gasteiger partial charge on any atom is 0.327 e. The number of carboxylic acids is 1. The number of rotatable bonds is 4. The fourth-order valence-corrected chi connectivity index (χ4v) is 3.56. The number of aryl methyl sites for hydroxylation is 1. The molecule has 1 aromatic rings. The van der Waals surface area contributed by atoms with Gasteiger partial charge in [-0.05, 0) is 24.5 Å². The van der Waals surface area contributed by atoms with Gasteiger partial charge in [0, 0.05) is 0 Å². The fraction of sp³-hybridized carbons (Fsp3) is 0.312. The van der Waals surface area contributed by atoms with Gasteiger partial charge in [0.05, 0.1) is 4.91 Å². The molecule has 1 aliphatic heterocycles. The highest BCUT2D eigenvalue weighted by Gasteiger charge is 2.41. The quantitative estimate of drug-likeness (QED) is 0.676. The monoisotopic (exact) mass is 335 g/mol. The van der Waals surface area contributed by atoms with Gasteiger partial charge in [-0.3, -0.25) is 9.69 Å². The zero-order valence-electron chi connectivity index (χ0n) is 12.6. The van der Waals surface area contributed by atoms with Gasteiger partial charge >= 0.3 is 5.97 Å². The van der Waals surface area contributed by atoms with E-state index in [1.54, 1.807) is 19.9 Å². The number of aliphatic carboxylic acids is 1. The van der Waals surface area contributed by atoms with Crippen LogP contribution in [0.2, 0.25) is 0 Å². The second-order valence-electron chi connectivity index (χ2n) is 5.49. The number of hydrogen-bond donors (Lipinski definition) is 1. The second-order valence-corrected chi connectivity index (χ2v) is 7.17. The normalized spacial score (nSPS) is 18.4. The van der Waals surface area contributed by atoms with Crippen LogP contribution in [0, 0.1) is 12.8 Å². The highest BCUT2D eigenvalue weighted by atomic mass is 32.2. The summed E-state index contributed by atoms with van der Waals surface area (Å²) in [5.41, 5.74) is 2.03. The molecule has 1 N–H and O–H groups in total. The van der Waals surface area contributed by atoms with E-state index in [9.17, 15) is 14.7 Å². The van der Waals surface area contributed by atoms with Crippen LogP contribution in [0.5, 0.6) is 0 Å². The van der Waals surface area contributed by atoms with Crippen LogP contribution in [0.4, 0.5) is 0 Å². The summed E-state index contributed by atoms with van der Waals surface area (Å²) >= 11 is 6.36. The molecule has 0 aliphatic carbocycles. The predicted molar refractivity (Wildman–Crippen MR) is 92.5 cm³/mol. The Labute approximate surface area is 139 Å². The number of amides is 1. The van der Waals surface area contributed by atoms with Crippen LogP contribution in [0.3, 0.4) is 0 Å². The molecule has 1 saturated heterocycles. The molecular formula is C16H17NO3S2. The molecule has 1 amide bonds. The minimum absolute atomic E-state index is 0.223.